The summed E-state index contributed by atoms with van der Waals surface area (Å²) in [5, 5.41) is 32.8. The fourth-order valence-corrected chi connectivity index (χ4v) is 3.88. The Labute approximate surface area is 241 Å². The Morgan fingerprint density at radius 1 is 0.732 bits per heavy atom. The van der Waals surface area contributed by atoms with Crippen molar-refractivity contribution in [3.8, 4) is 11.5 Å². The number of rotatable bonds is 5. The Morgan fingerprint density at radius 2 is 1.12 bits per heavy atom. The van der Waals surface area contributed by atoms with Crippen LogP contribution in [0, 0.1) is 36.3 Å². The molecule has 0 radical (unpaired) electrons. The van der Waals surface area contributed by atoms with Crippen molar-refractivity contribution in [3.63, 3.8) is 0 Å². The molecule has 0 aromatic heterocycles. The monoisotopic (exact) mass is 574 g/mol. The molecule has 2 aromatic rings. The highest BCUT2D eigenvalue weighted by Gasteiger charge is 2.31. The van der Waals surface area contributed by atoms with Crippen LogP contribution >= 0.6 is 0 Å². The third kappa shape index (κ3) is 10.0. The lowest BCUT2D eigenvalue weighted by Crippen LogP contribution is -2.12. The van der Waals surface area contributed by atoms with Crippen LogP contribution in [-0.2, 0) is 10.8 Å². The summed E-state index contributed by atoms with van der Waals surface area (Å²) in [6.45, 7) is 13.7. The second-order valence-corrected chi connectivity index (χ2v) is 11.8. The minimum atomic E-state index is -0.679. The molecule has 1 aliphatic rings. The number of nitro benzene ring substituents is 3. The Morgan fingerprint density at radius 3 is 1.39 bits per heavy atom. The van der Waals surface area contributed by atoms with Gasteiger partial charge >= 0.3 is 17.1 Å². The lowest BCUT2D eigenvalue weighted by molar-refractivity contribution is -0.396. The number of nitrogens with zero attached hydrogens (tertiary/aromatic N) is 3. The van der Waals surface area contributed by atoms with Crippen molar-refractivity contribution in [2.45, 2.75) is 78.6 Å². The zero-order valence-corrected chi connectivity index (χ0v) is 25.3. The maximum Gasteiger partial charge on any atom is 0.318 e. The maximum absolute atomic E-state index is 10.9. The zero-order chi connectivity index (χ0) is 31.7. The molecule has 0 saturated heterocycles. The van der Waals surface area contributed by atoms with Gasteiger partial charge in [0, 0.05) is 18.2 Å². The van der Waals surface area contributed by atoms with Gasteiger partial charge in [0.15, 0.2) is 0 Å². The predicted molar refractivity (Wildman–Crippen MR) is 160 cm³/mol. The molecular formula is C29H42N4O8. The molecule has 0 saturated carbocycles. The molecular weight excluding hydrogens is 532 g/mol. The van der Waals surface area contributed by atoms with Gasteiger partial charge in [0.2, 0.25) is 5.75 Å². The van der Waals surface area contributed by atoms with Gasteiger partial charge in [-0.15, -0.1) is 0 Å². The molecule has 0 bridgehead atoms. The van der Waals surface area contributed by atoms with Crippen molar-refractivity contribution in [1.82, 2.24) is 0 Å². The molecule has 2 aromatic carbocycles. The van der Waals surface area contributed by atoms with Crippen LogP contribution < -0.4 is 15.2 Å². The van der Waals surface area contributed by atoms with E-state index in [-0.39, 0.29) is 22.6 Å². The Kier molecular flexibility index (Phi) is 12.2. The van der Waals surface area contributed by atoms with Gasteiger partial charge in [-0.05, 0) is 53.2 Å². The lowest BCUT2D eigenvalue weighted by Gasteiger charge is -2.20. The molecule has 1 atom stereocenters. The average Bonchev–Trinajstić information content (AvgIpc) is 2.87. The van der Waals surface area contributed by atoms with Crippen molar-refractivity contribution >= 4 is 22.7 Å². The van der Waals surface area contributed by atoms with Crippen LogP contribution in [0.3, 0.4) is 0 Å². The summed E-state index contributed by atoms with van der Waals surface area (Å²) in [5.41, 5.74) is 5.87. The first-order valence-corrected chi connectivity index (χ1v) is 13.1. The molecule has 3 rings (SSSR count). The van der Waals surface area contributed by atoms with E-state index in [1.165, 1.54) is 51.7 Å². The van der Waals surface area contributed by atoms with E-state index < -0.39 is 31.6 Å². The number of nitrogen functional groups attached to an aromatic ring is 1. The second kappa shape index (κ2) is 14.4. The van der Waals surface area contributed by atoms with Gasteiger partial charge in [0.05, 0.1) is 34.7 Å². The van der Waals surface area contributed by atoms with Crippen LogP contribution in [0.25, 0.3) is 0 Å². The number of hydrogen-bond donors (Lipinski definition) is 1. The number of methoxy groups -OCH3 is 2. The van der Waals surface area contributed by atoms with Crippen molar-refractivity contribution in [2.24, 2.45) is 5.92 Å². The fourth-order valence-electron chi connectivity index (χ4n) is 3.88. The van der Waals surface area contributed by atoms with E-state index in [4.69, 9.17) is 15.2 Å². The summed E-state index contributed by atoms with van der Waals surface area (Å²) < 4.78 is 9.72. The molecule has 0 aliphatic heterocycles. The number of anilines is 1. The molecule has 1 unspecified atom stereocenters. The molecule has 1 aliphatic carbocycles. The molecule has 0 heterocycles. The second-order valence-electron chi connectivity index (χ2n) is 11.8. The first-order valence-electron chi connectivity index (χ1n) is 13.1. The molecule has 0 amide bonds. The van der Waals surface area contributed by atoms with Gasteiger partial charge in [0.25, 0.3) is 5.75 Å². The number of ether oxygens (including phenoxy) is 2. The first kappa shape index (κ1) is 34.8. The highest BCUT2D eigenvalue weighted by molar-refractivity contribution is 5.66. The van der Waals surface area contributed by atoms with Crippen LogP contribution in [0.1, 0.15) is 78.9 Å². The maximum atomic E-state index is 10.9. The van der Waals surface area contributed by atoms with Crippen LogP contribution in [0.4, 0.5) is 22.7 Å². The van der Waals surface area contributed by atoms with Crippen molar-refractivity contribution in [1.29, 1.82) is 0 Å². The molecule has 0 spiro atoms. The van der Waals surface area contributed by atoms with Gasteiger partial charge in [0.1, 0.15) is 0 Å². The summed E-state index contributed by atoms with van der Waals surface area (Å²) in [6, 6.07) is 5.85. The van der Waals surface area contributed by atoms with E-state index in [9.17, 15) is 30.3 Å². The van der Waals surface area contributed by atoms with Crippen molar-refractivity contribution in [2.75, 3.05) is 20.0 Å². The third-order valence-corrected chi connectivity index (χ3v) is 6.41. The highest BCUT2D eigenvalue weighted by atomic mass is 16.6. The minimum absolute atomic E-state index is 0.0903. The average molecular weight is 575 g/mol. The predicted octanol–water partition coefficient (Wildman–Crippen LogP) is 7.65. The largest absolute Gasteiger partial charge is 0.489 e. The van der Waals surface area contributed by atoms with E-state index in [1.54, 1.807) is 6.07 Å². The molecule has 226 valence electrons. The Balaban J connectivity index is 0.000000334. The van der Waals surface area contributed by atoms with Gasteiger partial charge in [-0.1, -0.05) is 60.6 Å². The number of nitrogens with two attached hydrogens (primary N) is 1. The first-order chi connectivity index (χ1) is 18.8. The summed E-state index contributed by atoms with van der Waals surface area (Å²) >= 11 is 0. The van der Waals surface area contributed by atoms with Gasteiger partial charge < -0.3 is 15.2 Å². The van der Waals surface area contributed by atoms with E-state index in [1.807, 2.05) is 41.5 Å². The normalized spacial score (nSPS) is 14.5. The topological polar surface area (TPSA) is 174 Å². The van der Waals surface area contributed by atoms with Crippen molar-refractivity contribution in [3.05, 3.63) is 77.9 Å². The van der Waals surface area contributed by atoms with Crippen LogP contribution in [-0.4, -0.2) is 29.0 Å². The minimum Gasteiger partial charge on any atom is -0.489 e. The van der Waals surface area contributed by atoms with Crippen LogP contribution in [0.2, 0.25) is 0 Å². The summed E-state index contributed by atoms with van der Waals surface area (Å²) in [5.74, 6) is 0.751. The van der Waals surface area contributed by atoms with E-state index in [2.05, 4.69) is 19.1 Å². The zero-order valence-electron chi connectivity index (χ0n) is 25.3. The summed E-state index contributed by atoms with van der Waals surface area (Å²) in [7, 11) is 2.54. The molecule has 12 nitrogen and oxygen atoms in total. The van der Waals surface area contributed by atoms with Gasteiger partial charge in [-0.25, -0.2) is 0 Å². The smallest absolute Gasteiger partial charge is 0.318 e. The number of hydrogen-bond acceptors (Lipinski definition) is 9. The third-order valence-electron chi connectivity index (χ3n) is 6.41. The SMILES string of the molecule is CC1CC=CCC1.COc1c(N)cc(C(C)(C)C)cc1[N+](=O)[O-].COc1c([N+](=O)[O-])cc(C(C)(C)C)cc1[N+](=O)[O-]. The van der Waals surface area contributed by atoms with Crippen LogP contribution in [0.5, 0.6) is 11.5 Å². The number of benzene rings is 2. The quantitative estimate of drug-likeness (QED) is 0.163. The summed E-state index contributed by atoms with van der Waals surface area (Å²) in [4.78, 5) is 30.9. The highest BCUT2D eigenvalue weighted by Crippen LogP contribution is 2.41. The van der Waals surface area contributed by atoms with Crippen LogP contribution in [0.15, 0.2) is 36.4 Å². The molecule has 2 N–H and O–H groups in total. The summed E-state index contributed by atoms with van der Waals surface area (Å²) in [6.07, 6.45) is 8.58. The lowest BCUT2D eigenvalue weighted by atomic mass is 9.86. The van der Waals surface area contributed by atoms with Crippen molar-refractivity contribution < 1.29 is 24.2 Å². The molecule has 41 heavy (non-hydrogen) atoms. The number of nitro groups is 3. The van der Waals surface area contributed by atoms with E-state index >= 15 is 0 Å². The van der Waals surface area contributed by atoms with Gasteiger partial charge in [-0.3, -0.25) is 30.3 Å². The Bertz CT molecular complexity index is 1240. The van der Waals surface area contributed by atoms with E-state index in [0.717, 1.165) is 11.5 Å². The Hall–Kier alpha value is -4.22. The molecule has 0 fully saturated rings. The van der Waals surface area contributed by atoms with E-state index in [0.29, 0.717) is 11.3 Å². The fraction of sp³-hybridized carbons (Fsp3) is 0.517. The van der Waals surface area contributed by atoms with Gasteiger partial charge in [-0.2, -0.15) is 0 Å². The standard InChI is InChI=1S/C11H14N2O5.C11H16N2O3.C7H12/c1-11(2,3)7-5-8(12(14)15)10(18-4)9(6-7)13(16)17;1-11(2,3)7-5-8(12)10(16-4)9(6-7)13(14)15;1-7-5-3-2-4-6-7/h5-6H,1-4H3;5-6H,12H2,1-4H3;2-3,7H,4-6H2,1H3. The molecule has 12 heteroatoms. The number of allylic oxidation sites excluding steroid dienone is 2.